The van der Waals surface area contributed by atoms with Gasteiger partial charge in [0.05, 0.1) is 6.61 Å². The summed E-state index contributed by atoms with van der Waals surface area (Å²) in [4.78, 5) is 11.6. The molecule has 0 radical (unpaired) electrons. The molecule has 6 heteroatoms. The minimum absolute atomic E-state index is 0. The average molecular weight is 350 g/mol. The third-order valence-corrected chi connectivity index (χ3v) is 3.85. The molecule has 128 valence electrons. The lowest BCUT2D eigenvalue weighted by Gasteiger charge is -2.16. The van der Waals surface area contributed by atoms with Crippen molar-refractivity contribution >= 4 is 18.4 Å². The van der Waals surface area contributed by atoms with Gasteiger partial charge < -0.3 is 20.3 Å². The van der Waals surface area contributed by atoms with Gasteiger partial charge in [-0.1, -0.05) is 30.3 Å². The van der Waals surface area contributed by atoms with Crippen LogP contribution in [0.1, 0.15) is 21.5 Å². The number of fused-ring (bicyclic) bond motifs is 1. The van der Waals surface area contributed by atoms with Crippen LogP contribution in [0, 0.1) is 0 Å². The van der Waals surface area contributed by atoms with E-state index in [1.54, 1.807) is 12.1 Å². The first-order valence-corrected chi connectivity index (χ1v) is 7.59. The van der Waals surface area contributed by atoms with E-state index in [0.29, 0.717) is 36.5 Å². The van der Waals surface area contributed by atoms with Gasteiger partial charge in [0.1, 0.15) is 23.7 Å². The van der Waals surface area contributed by atoms with E-state index in [1.807, 2.05) is 30.3 Å². The zero-order chi connectivity index (χ0) is 16.2. The fraction of sp³-hybridized carbons (Fsp3) is 0.278. The summed E-state index contributed by atoms with van der Waals surface area (Å²) >= 11 is 0. The number of nitrogens with two attached hydrogens (primary N) is 1. The number of carbonyl (C=O) groups is 1. The fourth-order valence-electron chi connectivity index (χ4n) is 2.78. The predicted octanol–water partition coefficient (Wildman–Crippen LogP) is 2.69. The highest BCUT2D eigenvalue weighted by Crippen LogP contribution is 2.34. The Kier molecular flexibility index (Phi) is 6.06. The lowest BCUT2D eigenvalue weighted by atomic mass is 10.0. The van der Waals surface area contributed by atoms with Crippen LogP contribution in [0.5, 0.6) is 11.5 Å². The largest absolute Gasteiger partial charge is 0.493 e. The molecule has 1 unspecified atom stereocenters. The van der Waals surface area contributed by atoms with Gasteiger partial charge in [0.2, 0.25) is 0 Å². The van der Waals surface area contributed by atoms with E-state index < -0.39 is 5.97 Å². The molecule has 0 spiro atoms. The zero-order valence-corrected chi connectivity index (χ0v) is 13.9. The van der Waals surface area contributed by atoms with Gasteiger partial charge in [-0.05, 0) is 24.1 Å². The zero-order valence-electron chi connectivity index (χ0n) is 13.1. The summed E-state index contributed by atoms with van der Waals surface area (Å²) in [6.07, 6.45) is 1.27. The van der Waals surface area contributed by atoms with Crippen molar-refractivity contribution in [2.24, 2.45) is 5.73 Å². The van der Waals surface area contributed by atoms with E-state index in [9.17, 15) is 9.90 Å². The number of hydrogen-bond acceptors (Lipinski definition) is 4. The standard InChI is InChI=1S/C18H19NO4.ClH/c19-13(10-12-4-2-1-3-5-12)11-23-16-7-6-15-14(8-9-22-15)17(16)18(20)21;/h1-7,13H,8-11,19H2,(H,20,21);1H. The number of aromatic carboxylic acids is 1. The first-order valence-electron chi connectivity index (χ1n) is 7.59. The van der Waals surface area contributed by atoms with Crippen molar-refractivity contribution in [3.05, 3.63) is 59.2 Å². The SMILES string of the molecule is Cl.NC(COc1ccc2c(c1C(=O)O)CCO2)Cc1ccccc1. The third kappa shape index (κ3) is 3.99. The second-order valence-electron chi connectivity index (χ2n) is 5.58. The number of hydrogen-bond donors (Lipinski definition) is 2. The van der Waals surface area contributed by atoms with Gasteiger partial charge in [-0.15, -0.1) is 12.4 Å². The molecule has 0 fully saturated rings. The summed E-state index contributed by atoms with van der Waals surface area (Å²) in [5.74, 6) is -0.0208. The smallest absolute Gasteiger partial charge is 0.339 e. The monoisotopic (exact) mass is 349 g/mol. The van der Waals surface area contributed by atoms with Crippen LogP contribution in [-0.2, 0) is 12.8 Å². The summed E-state index contributed by atoms with van der Waals surface area (Å²) < 4.78 is 11.1. The lowest BCUT2D eigenvalue weighted by Crippen LogP contribution is -2.30. The highest BCUT2D eigenvalue weighted by atomic mass is 35.5. The first kappa shape index (κ1) is 18.1. The van der Waals surface area contributed by atoms with Crippen molar-refractivity contribution in [2.75, 3.05) is 13.2 Å². The summed E-state index contributed by atoms with van der Waals surface area (Å²) in [7, 11) is 0. The van der Waals surface area contributed by atoms with Gasteiger partial charge in [-0.2, -0.15) is 0 Å². The van der Waals surface area contributed by atoms with Gasteiger partial charge in [0.25, 0.3) is 0 Å². The van der Waals surface area contributed by atoms with Gasteiger partial charge in [0.15, 0.2) is 0 Å². The molecule has 3 N–H and O–H groups in total. The molecule has 5 nitrogen and oxygen atoms in total. The van der Waals surface area contributed by atoms with Crippen molar-refractivity contribution in [1.82, 2.24) is 0 Å². The molecule has 1 atom stereocenters. The van der Waals surface area contributed by atoms with E-state index in [0.717, 1.165) is 5.56 Å². The van der Waals surface area contributed by atoms with Crippen molar-refractivity contribution in [2.45, 2.75) is 18.9 Å². The number of carboxylic acid groups (broad SMARTS) is 1. The van der Waals surface area contributed by atoms with Crippen LogP contribution in [0.3, 0.4) is 0 Å². The van der Waals surface area contributed by atoms with E-state index in [-0.39, 0.29) is 30.6 Å². The molecule has 0 aromatic heterocycles. The third-order valence-electron chi connectivity index (χ3n) is 3.85. The van der Waals surface area contributed by atoms with Crippen LogP contribution < -0.4 is 15.2 Å². The quantitative estimate of drug-likeness (QED) is 0.838. The van der Waals surface area contributed by atoms with Crippen molar-refractivity contribution in [3.63, 3.8) is 0 Å². The van der Waals surface area contributed by atoms with Crippen LogP contribution in [0.25, 0.3) is 0 Å². The van der Waals surface area contributed by atoms with E-state index >= 15 is 0 Å². The molecule has 2 aromatic rings. The van der Waals surface area contributed by atoms with E-state index in [4.69, 9.17) is 15.2 Å². The molecule has 0 bridgehead atoms. The second kappa shape index (κ2) is 8.04. The number of carboxylic acids is 1. The van der Waals surface area contributed by atoms with Crippen molar-refractivity contribution in [3.8, 4) is 11.5 Å². The van der Waals surface area contributed by atoms with Crippen LogP contribution in [-0.4, -0.2) is 30.3 Å². The summed E-state index contributed by atoms with van der Waals surface area (Å²) in [5, 5.41) is 9.46. The Balaban J connectivity index is 0.00000208. The molecule has 2 aromatic carbocycles. The number of benzene rings is 2. The molecule has 1 aliphatic rings. The van der Waals surface area contributed by atoms with Crippen molar-refractivity contribution in [1.29, 1.82) is 0 Å². The molecule has 1 aliphatic heterocycles. The Morgan fingerprint density at radius 2 is 2.00 bits per heavy atom. The van der Waals surface area contributed by atoms with Crippen LogP contribution >= 0.6 is 12.4 Å². The normalized spacial score (nSPS) is 13.4. The summed E-state index contributed by atoms with van der Waals surface area (Å²) in [6.45, 7) is 0.765. The minimum atomic E-state index is -1.00. The molecular weight excluding hydrogens is 330 g/mol. The Morgan fingerprint density at radius 1 is 1.25 bits per heavy atom. The summed E-state index contributed by atoms with van der Waals surface area (Å²) in [5.41, 5.74) is 8.11. The van der Waals surface area contributed by atoms with Crippen LogP contribution in [0.4, 0.5) is 0 Å². The predicted molar refractivity (Wildman–Crippen MR) is 93.5 cm³/mol. The minimum Gasteiger partial charge on any atom is -0.493 e. The van der Waals surface area contributed by atoms with Gasteiger partial charge >= 0.3 is 5.97 Å². The second-order valence-corrected chi connectivity index (χ2v) is 5.58. The molecule has 0 saturated heterocycles. The maximum absolute atomic E-state index is 11.6. The maximum atomic E-state index is 11.6. The van der Waals surface area contributed by atoms with Crippen LogP contribution in [0.2, 0.25) is 0 Å². The number of ether oxygens (including phenoxy) is 2. The molecule has 1 heterocycles. The molecule has 0 aliphatic carbocycles. The van der Waals surface area contributed by atoms with Gasteiger partial charge in [0, 0.05) is 18.0 Å². The van der Waals surface area contributed by atoms with E-state index in [2.05, 4.69) is 0 Å². The Bertz CT molecular complexity index is 706. The highest BCUT2D eigenvalue weighted by Gasteiger charge is 2.24. The average Bonchev–Trinajstić information content (AvgIpc) is 3.01. The maximum Gasteiger partial charge on any atom is 0.339 e. The highest BCUT2D eigenvalue weighted by molar-refractivity contribution is 5.93. The molecule has 24 heavy (non-hydrogen) atoms. The van der Waals surface area contributed by atoms with E-state index in [1.165, 1.54) is 0 Å². The molecule has 3 rings (SSSR count). The van der Waals surface area contributed by atoms with Gasteiger partial charge in [-0.25, -0.2) is 4.79 Å². The Labute approximate surface area is 146 Å². The number of rotatable bonds is 6. The topological polar surface area (TPSA) is 81.8 Å². The Hall–Kier alpha value is -2.24. The molecule has 0 amide bonds. The first-order chi connectivity index (χ1) is 11.1. The summed E-state index contributed by atoms with van der Waals surface area (Å²) in [6, 6.07) is 13.1. The van der Waals surface area contributed by atoms with Crippen molar-refractivity contribution < 1.29 is 19.4 Å². The fourth-order valence-corrected chi connectivity index (χ4v) is 2.78. The Morgan fingerprint density at radius 3 is 2.71 bits per heavy atom. The van der Waals surface area contributed by atoms with Gasteiger partial charge in [-0.3, -0.25) is 0 Å². The molecular formula is C18H20ClNO4. The molecule has 0 saturated carbocycles. The number of halogens is 1. The lowest BCUT2D eigenvalue weighted by molar-refractivity contribution is 0.0690. The van der Waals surface area contributed by atoms with Crippen LogP contribution in [0.15, 0.2) is 42.5 Å².